The number of amides is 1. The minimum Gasteiger partial charge on any atom is -0.484 e. The molecule has 1 aromatic rings. The highest BCUT2D eigenvalue weighted by atomic mass is 16.6. The van der Waals surface area contributed by atoms with Gasteiger partial charge in [-0.25, -0.2) is 0 Å². The molecule has 0 saturated carbocycles. The maximum Gasteiger partial charge on any atom is 0.269 e. The zero-order valence-corrected chi connectivity index (χ0v) is 14.6. The molecule has 1 heterocycles. The summed E-state index contributed by atoms with van der Waals surface area (Å²) in [5, 5.41) is 13.5. The number of non-ortho nitro benzene ring substituents is 1. The molecule has 1 amide bonds. The first-order chi connectivity index (χ1) is 12.0. The van der Waals surface area contributed by atoms with Gasteiger partial charge in [0.15, 0.2) is 6.61 Å². The number of morpholine rings is 1. The van der Waals surface area contributed by atoms with Crippen molar-refractivity contribution >= 4 is 11.6 Å². The van der Waals surface area contributed by atoms with E-state index >= 15 is 0 Å². The molecule has 0 bridgehead atoms. The third-order valence-electron chi connectivity index (χ3n) is 4.21. The summed E-state index contributed by atoms with van der Waals surface area (Å²) in [5.74, 6) is 0.626. The van der Waals surface area contributed by atoms with Gasteiger partial charge in [0.1, 0.15) is 5.75 Å². The third kappa shape index (κ3) is 5.99. The van der Waals surface area contributed by atoms with Crippen LogP contribution >= 0.6 is 0 Å². The zero-order chi connectivity index (χ0) is 18.2. The van der Waals surface area contributed by atoms with Gasteiger partial charge < -0.3 is 14.8 Å². The molecule has 8 nitrogen and oxygen atoms in total. The summed E-state index contributed by atoms with van der Waals surface area (Å²) in [4.78, 5) is 24.5. The van der Waals surface area contributed by atoms with Gasteiger partial charge in [-0.1, -0.05) is 13.8 Å². The Morgan fingerprint density at radius 2 is 1.96 bits per heavy atom. The van der Waals surface area contributed by atoms with Crippen molar-refractivity contribution in [3.63, 3.8) is 0 Å². The van der Waals surface area contributed by atoms with Gasteiger partial charge in [-0.15, -0.1) is 0 Å². The van der Waals surface area contributed by atoms with Crippen molar-refractivity contribution in [2.45, 2.75) is 19.9 Å². The Balaban J connectivity index is 1.77. The van der Waals surface area contributed by atoms with Gasteiger partial charge in [0.2, 0.25) is 0 Å². The highest BCUT2D eigenvalue weighted by Crippen LogP contribution is 2.17. The smallest absolute Gasteiger partial charge is 0.269 e. The molecular formula is C17H25N3O5. The summed E-state index contributed by atoms with van der Waals surface area (Å²) in [5.41, 5.74) is -0.0120. The molecule has 1 aliphatic rings. The fourth-order valence-electron chi connectivity index (χ4n) is 2.78. The molecule has 1 fully saturated rings. The van der Waals surface area contributed by atoms with Gasteiger partial charge in [-0.05, 0) is 18.1 Å². The molecule has 1 aromatic carbocycles. The van der Waals surface area contributed by atoms with Gasteiger partial charge in [0.05, 0.1) is 18.1 Å². The molecule has 1 aliphatic heterocycles. The molecule has 1 N–H and O–H groups in total. The van der Waals surface area contributed by atoms with E-state index < -0.39 is 4.92 Å². The molecule has 138 valence electrons. The van der Waals surface area contributed by atoms with Gasteiger partial charge in [-0.2, -0.15) is 0 Å². The number of nitrogens with zero attached hydrogens (tertiary/aromatic N) is 2. The van der Waals surface area contributed by atoms with E-state index in [0.29, 0.717) is 18.2 Å². The minimum absolute atomic E-state index is 0.0120. The lowest BCUT2D eigenvalue weighted by Crippen LogP contribution is -2.51. The lowest BCUT2D eigenvalue weighted by Gasteiger charge is -2.36. The average Bonchev–Trinajstić information content (AvgIpc) is 2.61. The van der Waals surface area contributed by atoms with E-state index in [4.69, 9.17) is 9.47 Å². The monoisotopic (exact) mass is 351 g/mol. The molecular weight excluding hydrogens is 326 g/mol. The molecule has 0 radical (unpaired) electrons. The van der Waals surface area contributed by atoms with Crippen molar-refractivity contribution in [3.05, 3.63) is 34.4 Å². The maximum absolute atomic E-state index is 12.0. The minimum atomic E-state index is -0.478. The second-order valence-electron chi connectivity index (χ2n) is 6.30. The summed E-state index contributed by atoms with van der Waals surface area (Å²) in [7, 11) is 0. The Morgan fingerprint density at radius 1 is 1.32 bits per heavy atom. The van der Waals surface area contributed by atoms with Crippen LogP contribution in [0.5, 0.6) is 5.75 Å². The molecule has 25 heavy (non-hydrogen) atoms. The second kappa shape index (κ2) is 9.33. The number of hydrogen-bond donors (Lipinski definition) is 1. The van der Waals surface area contributed by atoms with Crippen molar-refractivity contribution < 1.29 is 19.2 Å². The van der Waals surface area contributed by atoms with Crippen LogP contribution in [0.3, 0.4) is 0 Å². The summed E-state index contributed by atoms with van der Waals surface area (Å²) >= 11 is 0. The van der Waals surface area contributed by atoms with E-state index in [1.807, 2.05) is 0 Å². The number of ether oxygens (including phenoxy) is 2. The Kier molecular flexibility index (Phi) is 7.15. The summed E-state index contributed by atoms with van der Waals surface area (Å²) in [6.45, 7) is 7.90. The van der Waals surface area contributed by atoms with Crippen molar-refractivity contribution in [1.82, 2.24) is 10.2 Å². The predicted molar refractivity (Wildman–Crippen MR) is 92.6 cm³/mol. The average molecular weight is 351 g/mol. The highest BCUT2D eigenvalue weighted by molar-refractivity contribution is 5.77. The fraction of sp³-hybridized carbons (Fsp3) is 0.588. The van der Waals surface area contributed by atoms with Crippen LogP contribution in [0, 0.1) is 16.0 Å². The van der Waals surface area contributed by atoms with Crippen molar-refractivity contribution in [2.75, 3.05) is 39.5 Å². The van der Waals surface area contributed by atoms with E-state index in [1.54, 1.807) is 0 Å². The van der Waals surface area contributed by atoms with E-state index in [9.17, 15) is 14.9 Å². The standard InChI is InChI=1S/C17H25N3O5/c1-13(2)16(19-7-9-24-10-8-19)11-18-17(21)12-25-15-5-3-14(4-6-15)20(22)23/h3-6,13,16H,7-12H2,1-2H3,(H,18,21). The molecule has 0 aliphatic carbocycles. The number of carbonyl (C=O) groups is 1. The van der Waals surface area contributed by atoms with Crippen LogP contribution in [-0.2, 0) is 9.53 Å². The van der Waals surface area contributed by atoms with Crippen molar-refractivity contribution in [2.24, 2.45) is 5.92 Å². The Labute approximate surface area is 147 Å². The van der Waals surface area contributed by atoms with Gasteiger partial charge in [0.25, 0.3) is 11.6 Å². The van der Waals surface area contributed by atoms with Crippen molar-refractivity contribution in [1.29, 1.82) is 0 Å². The van der Waals surface area contributed by atoms with E-state index in [0.717, 1.165) is 26.3 Å². The van der Waals surface area contributed by atoms with Crippen LogP contribution in [0.4, 0.5) is 5.69 Å². The maximum atomic E-state index is 12.0. The number of benzene rings is 1. The number of nitro benzene ring substituents is 1. The first-order valence-corrected chi connectivity index (χ1v) is 8.43. The number of rotatable bonds is 8. The Hall–Kier alpha value is -2.19. The molecule has 8 heteroatoms. The predicted octanol–water partition coefficient (Wildman–Crippen LogP) is 1.45. The lowest BCUT2D eigenvalue weighted by atomic mass is 10.0. The number of hydrogen-bond acceptors (Lipinski definition) is 6. The van der Waals surface area contributed by atoms with Crippen LogP contribution in [-0.4, -0.2) is 61.2 Å². The normalized spacial score (nSPS) is 16.4. The van der Waals surface area contributed by atoms with Crippen LogP contribution in [0.2, 0.25) is 0 Å². The molecule has 1 atom stereocenters. The van der Waals surface area contributed by atoms with Gasteiger partial charge >= 0.3 is 0 Å². The van der Waals surface area contributed by atoms with Gasteiger partial charge in [-0.3, -0.25) is 19.8 Å². The zero-order valence-electron chi connectivity index (χ0n) is 14.6. The summed E-state index contributed by atoms with van der Waals surface area (Å²) < 4.78 is 10.7. The van der Waals surface area contributed by atoms with Crippen LogP contribution < -0.4 is 10.1 Å². The largest absolute Gasteiger partial charge is 0.484 e. The molecule has 0 spiro atoms. The lowest BCUT2D eigenvalue weighted by molar-refractivity contribution is -0.384. The summed E-state index contributed by atoms with van der Waals surface area (Å²) in [6, 6.07) is 5.92. The van der Waals surface area contributed by atoms with Crippen LogP contribution in [0.25, 0.3) is 0 Å². The molecule has 1 saturated heterocycles. The first-order valence-electron chi connectivity index (χ1n) is 8.43. The molecule has 1 unspecified atom stereocenters. The molecule has 2 rings (SSSR count). The summed E-state index contributed by atoms with van der Waals surface area (Å²) in [6.07, 6.45) is 0. The van der Waals surface area contributed by atoms with Crippen molar-refractivity contribution in [3.8, 4) is 5.75 Å². The van der Waals surface area contributed by atoms with E-state index in [2.05, 4.69) is 24.1 Å². The number of carbonyl (C=O) groups excluding carboxylic acids is 1. The SMILES string of the molecule is CC(C)C(CNC(=O)COc1ccc([N+](=O)[O-])cc1)N1CCOCC1. The van der Waals surface area contributed by atoms with Crippen LogP contribution in [0.1, 0.15) is 13.8 Å². The second-order valence-corrected chi connectivity index (χ2v) is 6.30. The highest BCUT2D eigenvalue weighted by Gasteiger charge is 2.24. The van der Waals surface area contributed by atoms with E-state index in [1.165, 1.54) is 24.3 Å². The number of nitrogens with one attached hydrogen (secondary N) is 1. The Bertz CT molecular complexity index is 570. The van der Waals surface area contributed by atoms with Gasteiger partial charge in [0, 0.05) is 37.8 Å². The molecule has 0 aromatic heterocycles. The fourth-order valence-corrected chi connectivity index (χ4v) is 2.78. The van der Waals surface area contributed by atoms with E-state index in [-0.39, 0.29) is 24.2 Å². The Morgan fingerprint density at radius 3 is 2.52 bits per heavy atom. The van der Waals surface area contributed by atoms with Crippen LogP contribution in [0.15, 0.2) is 24.3 Å². The number of nitro groups is 1. The first kappa shape index (κ1) is 19.1. The third-order valence-corrected chi connectivity index (χ3v) is 4.21. The topological polar surface area (TPSA) is 93.9 Å². The quantitative estimate of drug-likeness (QED) is 0.563.